The molecule has 1 heterocycles. The zero-order valence-corrected chi connectivity index (χ0v) is 9.36. The van der Waals surface area contributed by atoms with Crippen molar-refractivity contribution in [3.63, 3.8) is 0 Å². The van der Waals surface area contributed by atoms with E-state index in [1.807, 2.05) is 0 Å². The minimum Gasteiger partial charge on any atom is -0.382 e. The normalized spacial score (nSPS) is 10.1. The molecule has 0 bridgehead atoms. The molecule has 0 atom stereocenters. The Labute approximate surface area is 94.5 Å². The molecule has 1 aromatic carbocycles. The molecule has 2 rings (SSSR count). The van der Waals surface area contributed by atoms with Crippen LogP contribution in [0.1, 0.15) is 11.1 Å². The number of anilines is 3. The Morgan fingerprint density at radius 1 is 1.06 bits per heavy atom. The molecule has 0 spiro atoms. The van der Waals surface area contributed by atoms with Crippen LogP contribution in [0.3, 0.4) is 0 Å². The number of hydrogen-bond donors (Lipinski definition) is 2. The predicted octanol–water partition coefficient (Wildman–Crippen LogP) is 2.42. The summed E-state index contributed by atoms with van der Waals surface area (Å²) in [5.41, 5.74) is 8.97. The van der Waals surface area contributed by atoms with E-state index in [0.29, 0.717) is 11.6 Å². The molecule has 4 heteroatoms. The van der Waals surface area contributed by atoms with Gasteiger partial charge in [0.15, 0.2) is 5.82 Å². The van der Waals surface area contributed by atoms with Crippen molar-refractivity contribution in [3.8, 4) is 0 Å². The van der Waals surface area contributed by atoms with Gasteiger partial charge in [-0.15, -0.1) is 0 Å². The third-order valence-electron chi connectivity index (χ3n) is 2.15. The Morgan fingerprint density at radius 2 is 1.75 bits per heavy atom. The molecule has 82 valence electrons. The molecule has 0 aliphatic rings. The summed E-state index contributed by atoms with van der Waals surface area (Å²) < 4.78 is 0. The summed E-state index contributed by atoms with van der Waals surface area (Å²) in [7, 11) is 0. The van der Waals surface area contributed by atoms with Crippen LogP contribution >= 0.6 is 0 Å². The molecule has 0 fully saturated rings. The lowest BCUT2D eigenvalue weighted by atomic mass is 10.1. The first-order valence-corrected chi connectivity index (χ1v) is 5.06. The molecule has 0 amide bonds. The molecule has 0 radical (unpaired) electrons. The molecule has 16 heavy (non-hydrogen) atoms. The van der Waals surface area contributed by atoms with Gasteiger partial charge >= 0.3 is 0 Å². The van der Waals surface area contributed by atoms with Crippen LogP contribution in [-0.2, 0) is 0 Å². The highest BCUT2D eigenvalue weighted by Gasteiger charge is 1.98. The number of aryl methyl sites for hydroxylation is 2. The second-order valence-electron chi connectivity index (χ2n) is 3.83. The first kappa shape index (κ1) is 10.4. The zero-order valence-electron chi connectivity index (χ0n) is 9.36. The van der Waals surface area contributed by atoms with E-state index in [0.717, 1.165) is 5.69 Å². The minimum absolute atomic E-state index is 0.411. The lowest BCUT2D eigenvalue weighted by molar-refractivity contribution is 1.21. The fourth-order valence-electron chi connectivity index (χ4n) is 1.64. The highest BCUT2D eigenvalue weighted by molar-refractivity contribution is 5.58. The van der Waals surface area contributed by atoms with Gasteiger partial charge in [0.1, 0.15) is 5.82 Å². The van der Waals surface area contributed by atoms with Crippen LogP contribution in [0.2, 0.25) is 0 Å². The van der Waals surface area contributed by atoms with Crippen molar-refractivity contribution in [3.05, 3.63) is 41.7 Å². The summed E-state index contributed by atoms with van der Waals surface area (Å²) in [6.07, 6.45) is 3.17. The van der Waals surface area contributed by atoms with Gasteiger partial charge in [0, 0.05) is 5.69 Å². The topological polar surface area (TPSA) is 63.8 Å². The van der Waals surface area contributed by atoms with Gasteiger partial charge in [-0.05, 0) is 37.1 Å². The molecule has 2 aromatic rings. The van der Waals surface area contributed by atoms with E-state index >= 15 is 0 Å². The Bertz CT molecular complexity index is 488. The van der Waals surface area contributed by atoms with Crippen LogP contribution in [-0.4, -0.2) is 9.97 Å². The minimum atomic E-state index is 0.411. The van der Waals surface area contributed by atoms with Crippen LogP contribution in [0.15, 0.2) is 30.6 Å². The van der Waals surface area contributed by atoms with Crippen molar-refractivity contribution in [1.82, 2.24) is 9.97 Å². The summed E-state index contributed by atoms with van der Waals surface area (Å²) in [6.45, 7) is 4.12. The average Bonchev–Trinajstić information content (AvgIpc) is 2.15. The van der Waals surface area contributed by atoms with Crippen LogP contribution in [0.4, 0.5) is 17.3 Å². The van der Waals surface area contributed by atoms with Crippen molar-refractivity contribution in [2.45, 2.75) is 13.8 Å². The molecule has 4 nitrogen and oxygen atoms in total. The lowest BCUT2D eigenvalue weighted by Crippen LogP contribution is -1.98. The van der Waals surface area contributed by atoms with Gasteiger partial charge < -0.3 is 11.1 Å². The van der Waals surface area contributed by atoms with Gasteiger partial charge in [-0.25, -0.2) is 4.98 Å². The Morgan fingerprint density at radius 3 is 2.38 bits per heavy atom. The van der Waals surface area contributed by atoms with Gasteiger partial charge in [0.2, 0.25) is 0 Å². The zero-order chi connectivity index (χ0) is 11.5. The quantitative estimate of drug-likeness (QED) is 0.805. The Balaban J connectivity index is 2.27. The van der Waals surface area contributed by atoms with Gasteiger partial charge in [-0.2, -0.15) is 0 Å². The fraction of sp³-hybridized carbons (Fsp3) is 0.167. The van der Waals surface area contributed by atoms with E-state index in [1.165, 1.54) is 17.3 Å². The van der Waals surface area contributed by atoms with Crippen LogP contribution in [0, 0.1) is 13.8 Å². The first-order valence-electron chi connectivity index (χ1n) is 5.06. The highest BCUT2D eigenvalue weighted by atomic mass is 15.0. The number of nitrogens with two attached hydrogens (primary N) is 1. The average molecular weight is 214 g/mol. The van der Waals surface area contributed by atoms with Gasteiger partial charge in [0.25, 0.3) is 0 Å². The maximum atomic E-state index is 5.56. The molecule has 0 saturated heterocycles. The fourth-order valence-corrected chi connectivity index (χ4v) is 1.64. The van der Waals surface area contributed by atoms with E-state index in [4.69, 9.17) is 5.73 Å². The van der Waals surface area contributed by atoms with Crippen molar-refractivity contribution in [2.24, 2.45) is 0 Å². The summed E-state index contributed by atoms with van der Waals surface area (Å²) in [5.74, 6) is 1.07. The van der Waals surface area contributed by atoms with E-state index in [1.54, 1.807) is 6.20 Å². The smallest absolute Gasteiger partial charge is 0.151 e. The SMILES string of the molecule is Cc1cc(C)cc(Nc2cncc(N)n2)c1. The van der Waals surface area contributed by atoms with Gasteiger partial charge in [0.05, 0.1) is 12.4 Å². The highest BCUT2D eigenvalue weighted by Crippen LogP contribution is 2.17. The molecular weight excluding hydrogens is 200 g/mol. The number of nitrogens with zero attached hydrogens (tertiary/aromatic N) is 2. The van der Waals surface area contributed by atoms with Gasteiger partial charge in [-0.1, -0.05) is 6.07 Å². The van der Waals surface area contributed by atoms with Crippen LogP contribution < -0.4 is 11.1 Å². The predicted molar refractivity (Wildman–Crippen MR) is 65.6 cm³/mol. The number of nitrogen functional groups attached to an aromatic ring is 1. The molecule has 0 aliphatic carbocycles. The Kier molecular flexibility index (Phi) is 2.72. The van der Waals surface area contributed by atoms with Crippen LogP contribution in [0.5, 0.6) is 0 Å². The molecule has 0 saturated carbocycles. The number of hydrogen-bond acceptors (Lipinski definition) is 4. The number of rotatable bonds is 2. The first-order chi connectivity index (χ1) is 7.63. The molecule has 3 N–H and O–H groups in total. The van der Waals surface area contributed by atoms with E-state index in [-0.39, 0.29) is 0 Å². The van der Waals surface area contributed by atoms with E-state index in [9.17, 15) is 0 Å². The maximum absolute atomic E-state index is 5.56. The number of benzene rings is 1. The van der Waals surface area contributed by atoms with Crippen LogP contribution in [0.25, 0.3) is 0 Å². The van der Waals surface area contributed by atoms with Crippen molar-refractivity contribution >= 4 is 17.3 Å². The molecule has 1 aromatic heterocycles. The largest absolute Gasteiger partial charge is 0.382 e. The summed E-state index contributed by atoms with van der Waals surface area (Å²) in [4.78, 5) is 8.11. The monoisotopic (exact) mass is 214 g/mol. The van der Waals surface area contributed by atoms with Crippen molar-refractivity contribution in [2.75, 3.05) is 11.1 Å². The molecule has 0 unspecified atom stereocenters. The number of aromatic nitrogens is 2. The standard InChI is InChI=1S/C12H14N4/c1-8-3-9(2)5-10(4-8)15-12-7-14-6-11(13)16-12/h3-7H,1-2H3,(H3,13,15,16). The van der Waals surface area contributed by atoms with Crippen molar-refractivity contribution < 1.29 is 0 Å². The third-order valence-corrected chi connectivity index (χ3v) is 2.15. The molecular formula is C12H14N4. The van der Waals surface area contributed by atoms with E-state index in [2.05, 4.69) is 47.3 Å². The summed E-state index contributed by atoms with van der Waals surface area (Å²) in [6, 6.07) is 6.23. The molecule has 0 aliphatic heterocycles. The van der Waals surface area contributed by atoms with E-state index < -0.39 is 0 Å². The van der Waals surface area contributed by atoms with Crippen molar-refractivity contribution in [1.29, 1.82) is 0 Å². The second-order valence-corrected chi connectivity index (χ2v) is 3.83. The maximum Gasteiger partial charge on any atom is 0.151 e. The Hall–Kier alpha value is -2.10. The number of nitrogens with one attached hydrogen (secondary N) is 1. The lowest BCUT2D eigenvalue weighted by Gasteiger charge is -2.07. The third kappa shape index (κ3) is 2.48. The summed E-state index contributed by atoms with van der Waals surface area (Å²) >= 11 is 0. The second kappa shape index (κ2) is 4.18. The van der Waals surface area contributed by atoms with Gasteiger partial charge in [-0.3, -0.25) is 4.98 Å². The summed E-state index contributed by atoms with van der Waals surface area (Å²) in [5, 5.41) is 3.17.